The average Bonchev–Trinajstić information content (AvgIpc) is 3.22. The van der Waals surface area contributed by atoms with Crippen molar-refractivity contribution in [3.05, 3.63) is 95.8 Å². The molecule has 0 spiro atoms. The van der Waals surface area contributed by atoms with Gasteiger partial charge in [-0.25, -0.2) is 4.39 Å². The molecule has 1 saturated heterocycles. The van der Waals surface area contributed by atoms with Gasteiger partial charge in [0.15, 0.2) is 0 Å². The number of ether oxygens (including phenoxy) is 1. The fourth-order valence-electron chi connectivity index (χ4n) is 3.48. The number of likely N-dealkylation sites (tertiary alicyclic amines) is 1. The Morgan fingerprint density at radius 1 is 1.03 bits per heavy atom. The standard InChI is InChI=1S/C24H23FN2O2/c25-20-11-9-18(10-12-20)17-29-23-8-4-5-19(15-23)24(28)27-14-13-22(16-27)26-21-6-2-1-3-7-21/h1-12,15,22,26H,13-14,16-17H2. The van der Waals surface area contributed by atoms with Gasteiger partial charge >= 0.3 is 0 Å². The number of benzene rings is 3. The number of hydrogen-bond acceptors (Lipinski definition) is 3. The van der Waals surface area contributed by atoms with Crippen LogP contribution in [-0.2, 0) is 6.61 Å². The minimum Gasteiger partial charge on any atom is -0.489 e. The van der Waals surface area contributed by atoms with Gasteiger partial charge in [0.05, 0.1) is 0 Å². The molecular weight excluding hydrogens is 367 g/mol. The summed E-state index contributed by atoms with van der Waals surface area (Å²) < 4.78 is 18.8. The quantitative estimate of drug-likeness (QED) is 0.662. The summed E-state index contributed by atoms with van der Waals surface area (Å²) in [7, 11) is 0. The third-order valence-electron chi connectivity index (χ3n) is 5.02. The zero-order valence-electron chi connectivity index (χ0n) is 16.1. The second-order valence-corrected chi connectivity index (χ2v) is 7.19. The van der Waals surface area contributed by atoms with Gasteiger partial charge in [0.1, 0.15) is 18.2 Å². The molecule has 3 aromatic rings. The molecular formula is C24H23FN2O2. The molecule has 4 nitrogen and oxygen atoms in total. The van der Waals surface area contributed by atoms with E-state index in [2.05, 4.69) is 5.32 Å². The topological polar surface area (TPSA) is 41.6 Å². The summed E-state index contributed by atoms with van der Waals surface area (Å²) >= 11 is 0. The van der Waals surface area contributed by atoms with Crippen molar-refractivity contribution in [1.82, 2.24) is 4.90 Å². The number of hydrogen-bond donors (Lipinski definition) is 1. The van der Waals surface area contributed by atoms with E-state index in [4.69, 9.17) is 4.74 Å². The van der Waals surface area contributed by atoms with Gasteiger partial charge < -0.3 is 15.0 Å². The van der Waals surface area contributed by atoms with Gasteiger partial charge in [-0.15, -0.1) is 0 Å². The Morgan fingerprint density at radius 3 is 2.62 bits per heavy atom. The lowest BCUT2D eigenvalue weighted by atomic mass is 10.2. The highest BCUT2D eigenvalue weighted by molar-refractivity contribution is 5.94. The van der Waals surface area contributed by atoms with Gasteiger partial charge in [0.2, 0.25) is 0 Å². The summed E-state index contributed by atoms with van der Waals surface area (Å²) in [5.41, 5.74) is 2.56. The van der Waals surface area contributed by atoms with Crippen LogP contribution in [0.4, 0.5) is 10.1 Å². The lowest BCUT2D eigenvalue weighted by Crippen LogP contribution is -2.31. The number of rotatable bonds is 6. The van der Waals surface area contributed by atoms with E-state index in [0.29, 0.717) is 24.5 Å². The zero-order chi connectivity index (χ0) is 20.1. The van der Waals surface area contributed by atoms with E-state index in [9.17, 15) is 9.18 Å². The number of nitrogens with one attached hydrogen (secondary N) is 1. The molecule has 0 aromatic heterocycles. The number of carbonyl (C=O) groups is 1. The van der Waals surface area contributed by atoms with E-state index in [1.807, 2.05) is 53.4 Å². The summed E-state index contributed by atoms with van der Waals surface area (Å²) in [6.07, 6.45) is 0.918. The first kappa shape index (κ1) is 19.0. The van der Waals surface area contributed by atoms with E-state index in [1.165, 1.54) is 12.1 Å². The Hall–Kier alpha value is -3.34. The third kappa shape index (κ3) is 4.93. The number of carbonyl (C=O) groups excluding carboxylic acids is 1. The Labute approximate surface area is 169 Å². The van der Waals surface area contributed by atoms with Crippen molar-refractivity contribution in [1.29, 1.82) is 0 Å². The van der Waals surface area contributed by atoms with Gasteiger partial charge in [-0.05, 0) is 54.4 Å². The molecule has 1 amide bonds. The van der Waals surface area contributed by atoms with Gasteiger partial charge in [-0.3, -0.25) is 4.79 Å². The van der Waals surface area contributed by atoms with Crippen LogP contribution < -0.4 is 10.1 Å². The lowest BCUT2D eigenvalue weighted by Gasteiger charge is -2.18. The fraction of sp³-hybridized carbons (Fsp3) is 0.208. The minimum atomic E-state index is -0.271. The molecule has 5 heteroatoms. The number of nitrogens with zero attached hydrogens (tertiary/aromatic N) is 1. The molecule has 1 heterocycles. The lowest BCUT2D eigenvalue weighted by molar-refractivity contribution is 0.0791. The maximum absolute atomic E-state index is 13.0. The highest BCUT2D eigenvalue weighted by atomic mass is 19.1. The molecule has 1 N–H and O–H groups in total. The molecule has 148 valence electrons. The van der Waals surface area contributed by atoms with E-state index in [-0.39, 0.29) is 17.8 Å². The molecule has 0 aliphatic carbocycles. The van der Waals surface area contributed by atoms with Crippen LogP contribution in [0.5, 0.6) is 5.75 Å². The van der Waals surface area contributed by atoms with Crippen LogP contribution in [0.15, 0.2) is 78.9 Å². The predicted octanol–water partition coefficient (Wildman–Crippen LogP) is 4.73. The summed E-state index contributed by atoms with van der Waals surface area (Å²) in [6.45, 7) is 1.73. The third-order valence-corrected chi connectivity index (χ3v) is 5.02. The second-order valence-electron chi connectivity index (χ2n) is 7.19. The monoisotopic (exact) mass is 390 g/mol. The van der Waals surface area contributed by atoms with Crippen molar-refractivity contribution in [2.75, 3.05) is 18.4 Å². The summed E-state index contributed by atoms with van der Waals surface area (Å²) in [6, 6.07) is 23.7. The summed E-state index contributed by atoms with van der Waals surface area (Å²) in [4.78, 5) is 14.8. The Kier molecular flexibility index (Phi) is 5.75. The molecule has 0 bridgehead atoms. The molecule has 1 aliphatic heterocycles. The van der Waals surface area contributed by atoms with Crippen molar-refractivity contribution >= 4 is 11.6 Å². The number of amides is 1. The Morgan fingerprint density at radius 2 is 1.83 bits per heavy atom. The van der Waals surface area contributed by atoms with E-state index in [1.54, 1.807) is 18.2 Å². The Balaban J connectivity index is 1.35. The minimum absolute atomic E-state index is 0.00888. The number of halogens is 1. The van der Waals surface area contributed by atoms with E-state index in [0.717, 1.165) is 24.2 Å². The first-order valence-electron chi connectivity index (χ1n) is 9.75. The van der Waals surface area contributed by atoms with Gasteiger partial charge in [0, 0.05) is 30.4 Å². The molecule has 1 aliphatic rings. The maximum atomic E-state index is 13.0. The van der Waals surface area contributed by atoms with Crippen molar-refractivity contribution in [2.45, 2.75) is 19.1 Å². The van der Waals surface area contributed by atoms with Crippen molar-refractivity contribution < 1.29 is 13.9 Å². The van der Waals surface area contributed by atoms with E-state index >= 15 is 0 Å². The normalized spacial score (nSPS) is 15.9. The van der Waals surface area contributed by atoms with Gasteiger partial charge in [-0.1, -0.05) is 36.4 Å². The fourth-order valence-corrected chi connectivity index (χ4v) is 3.48. The van der Waals surface area contributed by atoms with Crippen LogP contribution in [0.1, 0.15) is 22.3 Å². The average molecular weight is 390 g/mol. The van der Waals surface area contributed by atoms with Crippen LogP contribution in [0.3, 0.4) is 0 Å². The molecule has 1 unspecified atom stereocenters. The SMILES string of the molecule is O=C(c1cccc(OCc2ccc(F)cc2)c1)N1CCC(Nc2ccccc2)C1. The first-order chi connectivity index (χ1) is 14.2. The molecule has 0 saturated carbocycles. The molecule has 4 rings (SSSR count). The highest BCUT2D eigenvalue weighted by Gasteiger charge is 2.27. The molecule has 3 aromatic carbocycles. The van der Waals surface area contributed by atoms with Gasteiger partial charge in [0.25, 0.3) is 5.91 Å². The molecule has 1 atom stereocenters. The predicted molar refractivity (Wildman–Crippen MR) is 112 cm³/mol. The van der Waals surface area contributed by atoms with Crippen LogP contribution in [0.2, 0.25) is 0 Å². The molecule has 1 fully saturated rings. The Bertz CT molecular complexity index is 960. The van der Waals surface area contributed by atoms with Gasteiger partial charge in [-0.2, -0.15) is 0 Å². The van der Waals surface area contributed by atoms with Crippen LogP contribution in [-0.4, -0.2) is 29.9 Å². The largest absolute Gasteiger partial charge is 0.489 e. The van der Waals surface area contributed by atoms with Crippen LogP contribution >= 0.6 is 0 Å². The molecule has 29 heavy (non-hydrogen) atoms. The second kappa shape index (κ2) is 8.78. The van der Waals surface area contributed by atoms with Crippen molar-refractivity contribution in [3.63, 3.8) is 0 Å². The smallest absolute Gasteiger partial charge is 0.254 e. The first-order valence-corrected chi connectivity index (χ1v) is 9.75. The molecule has 0 radical (unpaired) electrons. The van der Waals surface area contributed by atoms with Crippen molar-refractivity contribution in [3.8, 4) is 5.75 Å². The van der Waals surface area contributed by atoms with Crippen LogP contribution in [0.25, 0.3) is 0 Å². The number of anilines is 1. The number of para-hydroxylation sites is 1. The highest BCUT2D eigenvalue weighted by Crippen LogP contribution is 2.21. The summed E-state index contributed by atoms with van der Waals surface area (Å²) in [5.74, 6) is 0.361. The summed E-state index contributed by atoms with van der Waals surface area (Å²) in [5, 5.41) is 3.49. The maximum Gasteiger partial charge on any atom is 0.254 e. The van der Waals surface area contributed by atoms with E-state index < -0.39 is 0 Å². The van der Waals surface area contributed by atoms with Crippen LogP contribution in [0, 0.1) is 5.82 Å². The zero-order valence-corrected chi connectivity index (χ0v) is 16.1. The van der Waals surface area contributed by atoms with Crippen molar-refractivity contribution in [2.24, 2.45) is 0 Å².